The number of fused-ring (bicyclic) bond motifs is 1. The summed E-state index contributed by atoms with van der Waals surface area (Å²) in [5, 5.41) is 0. The number of esters is 2. The maximum atomic E-state index is 12.5. The van der Waals surface area contributed by atoms with Crippen LogP contribution in [0.25, 0.3) is 11.2 Å². The first-order valence-corrected chi connectivity index (χ1v) is 17.8. The van der Waals surface area contributed by atoms with Crippen LogP contribution >= 0.6 is 0 Å². The maximum absolute atomic E-state index is 12.5. The summed E-state index contributed by atoms with van der Waals surface area (Å²) in [7, 11) is 0. The van der Waals surface area contributed by atoms with E-state index in [-0.39, 0.29) is 37.0 Å². The van der Waals surface area contributed by atoms with Gasteiger partial charge in [0.2, 0.25) is 5.95 Å². The number of nitrogen functional groups attached to an aromatic ring is 1. The average Bonchev–Trinajstić information content (AvgIpc) is 3.41. The van der Waals surface area contributed by atoms with Crippen molar-refractivity contribution in [3.8, 4) is 0 Å². The molecule has 0 unspecified atom stereocenters. The van der Waals surface area contributed by atoms with Gasteiger partial charge in [-0.3, -0.25) is 9.59 Å². The summed E-state index contributed by atoms with van der Waals surface area (Å²) in [5.74, 6) is -0.569. The van der Waals surface area contributed by atoms with Gasteiger partial charge >= 0.3 is 11.9 Å². The molecule has 4 N–H and O–H groups in total. The number of hydrogen-bond donors (Lipinski definition) is 2. The monoisotopic (exact) mass is 630 g/mol. The molecule has 0 aromatic carbocycles. The van der Waals surface area contributed by atoms with Gasteiger partial charge in [-0.25, -0.2) is 9.97 Å². The van der Waals surface area contributed by atoms with Crippen molar-refractivity contribution in [1.82, 2.24) is 19.5 Å². The number of aromatic nitrogens is 4. The topological polar surface area (TPSA) is 148 Å². The Morgan fingerprint density at radius 3 is 1.93 bits per heavy atom. The predicted octanol–water partition coefficient (Wildman–Crippen LogP) is 7.53. The number of imidazole rings is 1. The van der Waals surface area contributed by atoms with Crippen LogP contribution in [-0.4, -0.2) is 50.7 Å². The molecule has 2 atom stereocenters. The number of carbonyl (C=O) groups excluding carboxylic acids is 2. The highest BCUT2D eigenvalue weighted by Gasteiger charge is 2.21. The highest BCUT2D eigenvalue weighted by atomic mass is 16.5. The molecule has 10 heteroatoms. The van der Waals surface area contributed by atoms with E-state index >= 15 is 0 Å². The molecule has 0 saturated heterocycles. The zero-order chi connectivity index (χ0) is 32.7. The highest BCUT2D eigenvalue weighted by Crippen LogP contribution is 2.17. The van der Waals surface area contributed by atoms with E-state index in [1.807, 2.05) is 18.4 Å². The van der Waals surface area contributed by atoms with Gasteiger partial charge < -0.3 is 25.5 Å². The molecule has 0 aliphatic heterocycles. The van der Waals surface area contributed by atoms with Crippen molar-refractivity contribution in [1.29, 1.82) is 0 Å². The molecule has 0 amide bonds. The van der Waals surface area contributed by atoms with E-state index in [0.717, 1.165) is 19.3 Å². The second-order valence-electron chi connectivity index (χ2n) is 13.0. The van der Waals surface area contributed by atoms with Crippen molar-refractivity contribution >= 4 is 29.1 Å². The SMILES string of the molecule is CCCCCCCCCCCCCCCCCCCC(=O)OC[C@H](CCOC(=O)[C@@H](N)C(C)C)Cn1cnc2cnc(N)nc21. The third-order valence-corrected chi connectivity index (χ3v) is 8.56. The van der Waals surface area contributed by atoms with Crippen LogP contribution in [0, 0.1) is 11.8 Å². The largest absolute Gasteiger partial charge is 0.465 e. The van der Waals surface area contributed by atoms with Crippen LogP contribution in [-0.2, 0) is 25.6 Å². The molecule has 0 radical (unpaired) electrons. The van der Waals surface area contributed by atoms with Gasteiger partial charge in [-0.1, -0.05) is 124 Å². The summed E-state index contributed by atoms with van der Waals surface area (Å²) in [5.41, 5.74) is 12.9. The van der Waals surface area contributed by atoms with Crippen LogP contribution in [0.15, 0.2) is 12.5 Å². The van der Waals surface area contributed by atoms with Crippen LogP contribution in [0.3, 0.4) is 0 Å². The Labute approximate surface area is 271 Å². The zero-order valence-electron chi connectivity index (χ0n) is 28.5. The molecule has 0 aliphatic carbocycles. The van der Waals surface area contributed by atoms with Crippen molar-refractivity contribution in [3.63, 3.8) is 0 Å². The number of rotatable bonds is 27. The first-order chi connectivity index (χ1) is 21.8. The van der Waals surface area contributed by atoms with E-state index in [4.69, 9.17) is 20.9 Å². The minimum atomic E-state index is -0.664. The molecule has 0 saturated carbocycles. The van der Waals surface area contributed by atoms with E-state index in [2.05, 4.69) is 21.9 Å². The molecule has 0 spiro atoms. The summed E-state index contributed by atoms with van der Waals surface area (Å²) < 4.78 is 13.0. The summed E-state index contributed by atoms with van der Waals surface area (Å²) in [6.07, 6.45) is 26.4. The maximum Gasteiger partial charge on any atom is 0.323 e. The summed E-state index contributed by atoms with van der Waals surface area (Å²) in [4.78, 5) is 37.4. The van der Waals surface area contributed by atoms with Gasteiger partial charge in [0.25, 0.3) is 0 Å². The van der Waals surface area contributed by atoms with Gasteiger partial charge in [-0.2, -0.15) is 4.98 Å². The first kappa shape index (κ1) is 38.4. The predicted molar refractivity (Wildman–Crippen MR) is 181 cm³/mol. The lowest BCUT2D eigenvalue weighted by atomic mass is 10.0. The Hall–Kier alpha value is -2.75. The minimum Gasteiger partial charge on any atom is -0.465 e. The Kier molecular flexibility index (Phi) is 20.1. The van der Waals surface area contributed by atoms with E-state index in [1.54, 1.807) is 12.5 Å². The number of anilines is 1. The Morgan fingerprint density at radius 2 is 1.38 bits per heavy atom. The van der Waals surface area contributed by atoms with Crippen molar-refractivity contribution in [2.24, 2.45) is 17.6 Å². The third kappa shape index (κ3) is 16.9. The van der Waals surface area contributed by atoms with Gasteiger partial charge in [0.05, 0.1) is 25.7 Å². The van der Waals surface area contributed by atoms with Crippen LogP contribution in [0.2, 0.25) is 0 Å². The lowest BCUT2D eigenvalue weighted by Gasteiger charge is -2.19. The molecule has 2 aromatic heterocycles. The summed E-state index contributed by atoms with van der Waals surface area (Å²) in [6, 6.07) is -0.664. The standard InChI is InChI=1S/C35H62N6O4/c1-4-5-6-7-8-9-10-11-12-13-14-15-16-17-18-19-20-21-31(42)45-26-29(22-23-44-34(43)32(36)28(2)3)25-41-27-39-30-24-38-35(37)40-33(30)41/h24,27-29,32H,4-23,25-26,36H2,1-3H3,(H2,37,38,40)/t29-,32+/m1/s1. The fourth-order valence-corrected chi connectivity index (χ4v) is 5.48. The molecule has 256 valence electrons. The number of nitrogens with zero attached hydrogens (tertiary/aromatic N) is 4. The van der Waals surface area contributed by atoms with Gasteiger partial charge in [-0.15, -0.1) is 0 Å². The third-order valence-electron chi connectivity index (χ3n) is 8.56. The molecule has 0 aliphatic rings. The van der Waals surface area contributed by atoms with Crippen LogP contribution in [0.1, 0.15) is 143 Å². The summed E-state index contributed by atoms with van der Waals surface area (Å²) in [6.45, 7) is 6.91. The molecular weight excluding hydrogens is 568 g/mol. The number of unbranched alkanes of at least 4 members (excludes halogenated alkanes) is 16. The smallest absolute Gasteiger partial charge is 0.323 e. The molecule has 2 aromatic rings. The van der Waals surface area contributed by atoms with Crippen LogP contribution < -0.4 is 11.5 Å². The van der Waals surface area contributed by atoms with Crippen molar-refractivity contribution < 1.29 is 19.1 Å². The quantitative estimate of drug-likeness (QED) is 0.0754. The average molecular weight is 631 g/mol. The summed E-state index contributed by atoms with van der Waals surface area (Å²) >= 11 is 0. The molecule has 2 rings (SSSR count). The van der Waals surface area contributed by atoms with E-state index in [9.17, 15) is 9.59 Å². The van der Waals surface area contributed by atoms with Crippen molar-refractivity contribution in [2.75, 3.05) is 18.9 Å². The fourth-order valence-electron chi connectivity index (χ4n) is 5.48. The number of nitrogens with two attached hydrogens (primary N) is 2. The zero-order valence-corrected chi connectivity index (χ0v) is 28.5. The Bertz CT molecular complexity index is 1080. The van der Waals surface area contributed by atoms with Gasteiger partial charge in [0.1, 0.15) is 11.6 Å². The lowest BCUT2D eigenvalue weighted by Crippen LogP contribution is -2.37. The molecule has 0 bridgehead atoms. The fraction of sp³-hybridized carbons (Fsp3) is 0.800. The lowest BCUT2D eigenvalue weighted by molar-refractivity contribution is -0.149. The second kappa shape index (κ2) is 23.6. The molecule has 0 fully saturated rings. The van der Waals surface area contributed by atoms with E-state index in [1.165, 1.54) is 89.9 Å². The minimum absolute atomic E-state index is 0.00826. The second-order valence-corrected chi connectivity index (χ2v) is 13.0. The number of ether oxygens (including phenoxy) is 2. The molecular formula is C35H62N6O4. The van der Waals surface area contributed by atoms with Gasteiger partial charge in [-0.05, 0) is 18.8 Å². The highest BCUT2D eigenvalue weighted by molar-refractivity contribution is 5.75. The van der Waals surface area contributed by atoms with Crippen molar-refractivity contribution in [2.45, 2.75) is 155 Å². The Morgan fingerprint density at radius 1 is 0.822 bits per heavy atom. The normalized spacial score (nSPS) is 12.9. The Balaban J connectivity index is 1.60. The molecule has 2 heterocycles. The van der Waals surface area contributed by atoms with E-state index in [0.29, 0.717) is 30.6 Å². The van der Waals surface area contributed by atoms with Gasteiger partial charge in [0.15, 0.2) is 5.65 Å². The molecule has 45 heavy (non-hydrogen) atoms. The van der Waals surface area contributed by atoms with Crippen molar-refractivity contribution in [3.05, 3.63) is 12.5 Å². The number of carbonyl (C=O) groups is 2. The van der Waals surface area contributed by atoms with Gasteiger partial charge in [0, 0.05) is 18.9 Å². The van der Waals surface area contributed by atoms with Crippen LogP contribution in [0.4, 0.5) is 5.95 Å². The molecule has 10 nitrogen and oxygen atoms in total. The number of hydrogen-bond acceptors (Lipinski definition) is 9. The van der Waals surface area contributed by atoms with E-state index < -0.39 is 12.0 Å². The van der Waals surface area contributed by atoms with Crippen LogP contribution in [0.5, 0.6) is 0 Å². The first-order valence-electron chi connectivity index (χ1n) is 17.8.